The van der Waals surface area contributed by atoms with Crippen molar-refractivity contribution in [3.63, 3.8) is 0 Å². The third-order valence-electron chi connectivity index (χ3n) is 3.44. The number of methoxy groups -OCH3 is 1. The summed E-state index contributed by atoms with van der Waals surface area (Å²) in [6.07, 6.45) is 1.80. The molecule has 0 amide bonds. The van der Waals surface area contributed by atoms with Crippen LogP contribution in [0.2, 0.25) is 0 Å². The molecule has 2 aromatic rings. The van der Waals surface area contributed by atoms with Crippen molar-refractivity contribution in [2.75, 3.05) is 7.11 Å². The Bertz CT molecular complexity index is 587. The van der Waals surface area contributed by atoms with E-state index in [-0.39, 0.29) is 6.04 Å². The fraction of sp³-hybridized carbons (Fsp3) is 0.158. The summed E-state index contributed by atoms with van der Waals surface area (Å²) in [4.78, 5) is 0. The highest BCUT2D eigenvalue weighted by atomic mass is 16.5. The molecule has 0 saturated carbocycles. The van der Waals surface area contributed by atoms with Crippen molar-refractivity contribution in [1.82, 2.24) is 5.32 Å². The number of nitrogens with one attached hydrogen (secondary N) is 1. The van der Waals surface area contributed by atoms with E-state index in [4.69, 9.17) is 4.74 Å². The van der Waals surface area contributed by atoms with E-state index in [1.54, 1.807) is 13.2 Å². The molecule has 21 heavy (non-hydrogen) atoms. The maximum absolute atomic E-state index is 5.17. The van der Waals surface area contributed by atoms with E-state index in [9.17, 15) is 0 Å². The van der Waals surface area contributed by atoms with Gasteiger partial charge in [-0.2, -0.15) is 0 Å². The Labute approximate surface area is 126 Å². The molecule has 0 saturated heterocycles. The normalized spacial score (nSPS) is 11.7. The maximum Gasteiger partial charge on any atom is 0.118 e. The standard InChI is InChI=1S/C19H21NO/c1-4-15(2)19(17-8-6-5-7-9-17)20-14-16-10-12-18(21-3)13-11-16/h4-13,19-20H,1-2,14H2,3H3. The van der Waals surface area contributed by atoms with Gasteiger partial charge < -0.3 is 10.1 Å². The van der Waals surface area contributed by atoms with Crippen molar-refractivity contribution < 1.29 is 4.74 Å². The van der Waals surface area contributed by atoms with Crippen LogP contribution in [0.5, 0.6) is 5.75 Å². The highest BCUT2D eigenvalue weighted by molar-refractivity contribution is 5.32. The van der Waals surface area contributed by atoms with E-state index in [0.717, 1.165) is 17.9 Å². The minimum atomic E-state index is 0.0748. The van der Waals surface area contributed by atoms with Crippen molar-refractivity contribution in [2.45, 2.75) is 12.6 Å². The molecule has 0 spiro atoms. The Morgan fingerprint density at radius 2 is 1.81 bits per heavy atom. The zero-order valence-corrected chi connectivity index (χ0v) is 12.4. The van der Waals surface area contributed by atoms with Gasteiger partial charge in [-0.25, -0.2) is 0 Å². The largest absolute Gasteiger partial charge is 0.497 e. The van der Waals surface area contributed by atoms with Gasteiger partial charge in [-0.05, 0) is 28.8 Å². The van der Waals surface area contributed by atoms with Crippen LogP contribution in [0.25, 0.3) is 0 Å². The van der Waals surface area contributed by atoms with Gasteiger partial charge >= 0.3 is 0 Å². The number of hydrogen-bond acceptors (Lipinski definition) is 2. The lowest BCUT2D eigenvalue weighted by Gasteiger charge is -2.20. The Kier molecular flexibility index (Phi) is 5.35. The molecule has 0 aromatic heterocycles. The smallest absolute Gasteiger partial charge is 0.118 e. The first-order valence-electron chi connectivity index (χ1n) is 6.97. The summed E-state index contributed by atoms with van der Waals surface area (Å²) in [5.74, 6) is 0.869. The van der Waals surface area contributed by atoms with Crippen LogP contribution in [-0.2, 0) is 6.54 Å². The SMILES string of the molecule is C=CC(=C)C(NCc1ccc(OC)cc1)c1ccccc1. The molecule has 0 bridgehead atoms. The van der Waals surface area contributed by atoms with Crippen LogP contribution in [0.15, 0.2) is 79.4 Å². The first kappa shape index (κ1) is 15.1. The topological polar surface area (TPSA) is 21.3 Å². The third-order valence-corrected chi connectivity index (χ3v) is 3.44. The average molecular weight is 279 g/mol. The van der Waals surface area contributed by atoms with Crippen LogP contribution < -0.4 is 10.1 Å². The van der Waals surface area contributed by atoms with Crippen LogP contribution in [0, 0.1) is 0 Å². The fourth-order valence-corrected chi connectivity index (χ4v) is 2.19. The quantitative estimate of drug-likeness (QED) is 0.764. The second-order valence-electron chi connectivity index (χ2n) is 4.85. The molecular weight excluding hydrogens is 258 g/mol. The zero-order chi connectivity index (χ0) is 15.1. The van der Waals surface area contributed by atoms with Gasteiger partial charge in [-0.3, -0.25) is 0 Å². The number of rotatable bonds is 7. The first-order chi connectivity index (χ1) is 10.2. The summed E-state index contributed by atoms with van der Waals surface area (Å²) in [6.45, 7) is 8.68. The maximum atomic E-state index is 5.17. The van der Waals surface area contributed by atoms with E-state index >= 15 is 0 Å². The van der Waals surface area contributed by atoms with Gasteiger partial charge in [0, 0.05) is 6.54 Å². The van der Waals surface area contributed by atoms with Crippen molar-refractivity contribution in [2.24, 2.45) is 0 Å². The lowest BCUT2D eigenvalue weighted by Crippen LogP contribution is -2.21. The number of hydrogen-bond donors (Lipinski definition) is 1. The van der Waals surface area contributed by atoms with Crippen LogP contribution in [0.1, 0.15) is 17.2 Å². The third kappa shape index (κ3) is 4.07. The molecule has 108 valence electrons. The van der Waals surface area contributed by atoms with E-state index in [1.807, 2.05) is 30.3 Å². The van der Waals surface area contributed by atoms with Crippen molar-refractivity contribution in [1.29, 1.82) is 0 Å². The number of ether oxygens (including phenoxy) is 1. The van der Waals surface area contributed by atoms with E-state index in [1.165, 1.54) is 11.1 Å². The van der Waals surface area contributed by atoms with Crippen molar-refractivity contribution in [3.05, 3.63) is 90.5 Å². The van der Waals surface area contributed by atoms with Crippen LogP contribution in [0.3, 0.4) is 0 Å². The van der Waals surface area contributed by atoms with E-state index < -0.39 is 0 Å². The lowest BCUT2D eigenvalue weighted by molar-refractivity contribution is 0.414. The van der Waals surface area contributed by atoms with Gasteiger partial charge in [0.1, 0.15) is 5.75 Å². The Morgan fingerprint density at radius 1 is 1.14 bits per heavy atom. The summed E-state index contributed by atoms with van der Waals surface area (Å²) in [7, 11) is 1.67. The van der Waals surface area contributed by atoms with E-state index in [2.05, 4.69) is 42.7 Å². The molecule has 0 aliphatic heterocycles. The highest BCUT2D eigenvalue weighted by Crippen LogP contribution is 2.22. The highest BCUT2D eigenvalue weighted by Gasteiger charge is 2.12. The predicted molar refractivity (Wildman–Crippen MR) is 88.4 cm³/mol. The molecule has 0 radical (unpaired) electrons. The average Bonchev–Trinajstić information content (AvgIpc) is 2.56. The van der Waals surface area contributed by atoms with Gasteiger partial charge in [-0.1, -0.05) is 61.7 Å². The first-order valence-corrected chi connectivity index (χ1v) is 6.97. The molecule has 2 nitrogen and oxygen atoms in total. The van der Waals surface area contributed by atoms with Crippen LogP contribution in [-0.4, -0.2) is 7.11 Å². The molecule has 1 N–H and O–H groups in total. The molecule has 0 aliphatic rings. The summed E-state index contributed by atoms with van der Waals surface area (Å²) < 4.78 is 5.17. The minimum Gasteiger partial charge on any atom is -0.497 e. The van der Waals surface area contributed by atoms with Gasteiger partial charge in [-0.15, -0.1) is 0 Å². The van der Waals surface area contributed by atoms with E-state index in [0.29, 0.717) is 0 Å². The summed E-state index contributed by atoms with van der Waals surface area (Å²) in [5.41, 5.74) is 3.36. The predicted octanol–water partition coefficient (Wildman–Crippen LogP) is 4.27. The molecule has 0 fully saturated rings. The Hall–Kier alpha value is -2.32. The number of benzene rings is 2. The second-order valence-corrected chi connectivity index (χ2v) is 4.85. The summed E-state index contributed by atoms with van der Waals surface area (Å²) in [5, 5.41) is 3.53. The molecule has 2 heteroatoms. The molecule has 1 atom stereocenters. The molecule has 0 heterocycles. The van der Waals surface area contributed by atoms with Crippen LogP contribution in [0.4, 0.5) is 0 Å². The summed E-state index contributed by atoms with van der Waals surface area (Å²) >= 11 is 0. The fourth-order valence-electron chi connectivity index (χ4n) is 2.19. The van der Waals surface area contributed by atoms with Gasteiger partial charge in [0.2, 0.25) is 0 Å². The molecule has 1 unspecified atom stereocenters. The minimum absolute atomic E-state index is 0.0748. The lowest BCUT2D eigenvalue weighted by atomic mass is 9.99. The molecule has 0 aliphatic carbocycles. The van der Waals surface area contributed by atoms with Crippen molar-refractivity contribution >= 4 is 0 Å². The summed E-state index contributed by atoms with van der Waals surface area (Å²) in [6, 6.07) is 18.4. The van der Waals surface area contributed by atoms with Crippen molar-refractivity contribution in [3.8, 4) is 5.75 Å². The van der Waals surface area contributed by atoms with Crippen LogP contribution >= 0.6 is 0 Å². The van der Waals surface area contributed by atoms with Gasteiger partial charge in [0.15, 0.2) is 0 Å². The Balaban J connectivity index is 2.08. The van der Waals surface area contributed by atoms with Gasteiger partial charge in [0.05, 0.1) is 13.2 Å². The van der Waals surface area contributed by atoms with Gasteiger partial charge in [0.25, 0.3) is 0 Å². The molecule has 2 rings (SSSR count). The Morgan fingerprint density at radius 3 is 2.38 bits per heavy atom. The zero-order valence-electron chi connectivity index (χ0n) is 12.4. The second kappa shape index (κ2) is 7.46. The molecule has 2 aromatic carbocycles. The molecular formula is C19H21NO. The monoisotopic (exact) mass is 279 g/mol.